The monoisotopic (exact) mass is 1690 g/mol. The Kier molecular flexibility index (Phi) is 34.2. The minimum absolute atomic E-state index is 0. The summed E-state index contributed by atoms with van der Waals surface area (Å²) in [5, 5.41) is 20.7. The van der Waals surface area contributed by atoms with Crippen molar-refractivity contribution in [2.75, 3.05) is 85.1 Å². The van der Waals surface area contributed by atoms with Crippen molar-refractivity contribution in [1.82, 2.24) is 75.7 Å². The van der Waals surface area contributed by atoms with Crippen molar-refractivity contribution in [3.63, 3.8) is 0 Å². The van der Waals surface area contributed by atoms with E-state index < -0.39 is 58.4 Å². The summed E-state index contributed by atoms with van der Waals surface area (Å²) in [6.07, 6.45) is 8.47. The molecule has 5 spiro atoms. The molecule has 10 fully saturated rings. The fourth-order valence-corrected chi connectivity index (χ4v) is 15.4. The van der Waals surface area contributed by atoms with Crippen LogP contribution in [0.25, 0.3) is 0 Å². The van der Waals surface area contributed by atoms with Gasteiger partial charge in [-0.3, -0.25) is 70.3 Å². The van der Waals surface area contributed by atoms with Crippen LogP contribution in [-0.2, 0) is 117 Å². The number of hydrogen-bond acceptors (Lipinski definition) is 26. The second-order valence-electron chi connectivity index (χ2n) is 27.8. The fraction of sp³-hybridized carbons (Fsp3) is 0.481. The molecule has 4 aromatic carbocycles. The molecule has 2 aromatic heterocycles. The number of rotatable bonds is 17. The first kappa shape index (κ1) is 92.9. The number of nitrogens with one attached hydrogen (secondary N) is 3. The Labute approximate surface area is 680 Å². The molecule has 38 heteroatoms. The van der Waals surface area contributed by atoms with Crippen LogP contribution in [0.1, 0.15) is 120 Å². The van der Waals surface area contributed by atoms with Crippen molar-refractivity contribution in [2.45, 2.75) is 153 Å². The Morgan fingerprint density at radius 1 is 0.478 bits per heavy atom. The van der Waals surface area contributed by atoms with Gasteiger partial charge in [0, 0.05) is 53.1 Å². The smallest absolute Gasteiger partial charge is 0.411 e. The number of aromatic nitrogens is 4. The molecule has 37 nitrogen and oxygen atoms in total. The number of hydrazine groups is 2. The predicted octanol–water partition coefficient (Wildman–Crippen LogP) is 3.67. The van der Waals surface area contributed by atoms with Crippen molar-refractivity contribution in [2.24, 2.45) is 17.5 Å². The topological polar surface area (TPSA) is 483 Å². The fourth-order valence-electron chi connectivity index (χ4n) is 15.4. The van der Waals surface area contributed by atoms with Gasteiger partial charge in [-0.15, -0.1) is 20.4 Å². The molecule has 0 aliphatic carbocycles. The number of carbonyl (C=O) groups is 11. The van der Waals surface area contributed by atoms with E-state index in [1.165, 1.54) is 32.4 Å². The van der Waals surface area contributed by atoms with Gasteiger partial charge in [0.05, 0.1) is 45.9 Å². The third-order valence-corrected chi connectivity index (χ3v) is 21.0. The number of esters is 1. The van der Waals surface area contributed by atoms with Gasteiger partial charge >= 0.3 is 30.3 Å². The van der Waals surface area contributed by atoms with E-state index in [4.69, 9.17) is 38.4 Å². The quantitative estimate of drug-likeness (QED) is 0.0111. The Morgan fingerprint density at radius 3 is 1.12 bits per heavy atom. The standard InChI is InChI=1S/C18H22N2O5.C17H18N4O4.C16H20N4O4.C14H16N2O3.C9H12N4O2.2CH4.CH3.H4N2.H2O.Pd/c1-2-24-15(21)11-19-13-18(16(19)22)9-6-10-20(18)17(23)25-12-14-7-4-3-5-8-14;22-15-17(11-20(15)9-14-19-18-12-25-14)7-4-8-21(17)16(23)24-10-13-5-2-1-3-6-13;17-18-13(21)9-19-11-16(14(19)22)7-4-8-20(16)15(23)24-10-12-5-2-1-3-6-12;17-12-14(10-15-12)7-4-8-16(14)13(18)19-9-11-5-2-1-3-6-11;14-8-9(2-1-3-10-9)5-13(8)4-7-12-11-6-15-7;;;;1-2;;/h3-5,7-8H,2,6,9-13H2,1H3;1-3,5-6,12H,4,7-11H2;1-3,5-6H,4,7-11,17H2,(H,18,21);1-3,5-6H,4,7-10H2,(H,15,17);6,10H,1-5H2;2*1H4;1H3;1-2H2;1H2;/q;;;;;;;-1;;;. The zero-order valence-corrected chi connectivity index (χ0v) is 64.5. The number of amides is 10. The van der Waals surface area contributed by atoms with E-state index in [1.807, 2.05) is 127 Å². The maximum atomic E-state index is 12.7. The molecule has 10 saturated heterocycles. The summed E-state index contributed by atoms with van der Waals surface area (Å²) < 4.78 is 36.4. The molecule has 0 saturated carbocycles. The van der Waals surface area contributed by atoms with Crippen LogP contribution in [0.5, 0.6) is 0 Å². The van der Waals surface area contributed by atoms with Crippen LogP contribution in [0.3, 0.4) is 0 Å². The SMILES string of the molecule is C.C.CCOC(=O)CN1CC2(CCCN2C(=O)OCc2ccccc2)C1=O.NN.NNC(=O)CN1CC2(CCCN2C(=O)OCc2ccccc2)C1=O.O.O=C(OCc1ccccc1)N1CCCC12CN(Cc1nnco1)C2=O.O=C(OCc1ccccc1)N1CCCC12CNC2=O.O=C1N(Cc2nnco2)CC12CCCN2.[CH3-].[Pd]. The van der Waals surface area contributed by atoms with Gasteiger partial charge in [-0.1, -0.05) is 136 Å². The number of benzene rings is 4. The van der Waals surface area contributed by atoms with Gasteiger partial charge in [-0.2, -0.15) is 0 Å². The molecule has 628 valence electrons. The van der Waals surface area contributed by atoms with Gasteiger partial charge < -0.3 is 75.7 Å². The minimum Gasteiger partial charge on any atom is -0.465 e. The van der Waals surface area contributed by atoms with E-state index >= 15 is 0 Å². The largest absolute Gasteiger partial charge is 0.465 e. The number of nitrogens with two attached hydrogens (primary N) is 3. The van der Waals surface area contributed by atoms with Crippen LogP contribution in [0.4, 0.5) is 19.2 Å². The summed E-state index contributed by atoms with van der Waals surface area (Å²) >= 11 is 0. The summed E-state index contributed by atoms with van der Waals surface area (Å²) in [6, 6.07) is 37.8. The van der Waals surface area contributed by atoms with Crippen LogP contribution in [0.15, 0.2) is 143 Å². The van der Waals surface area contributed by atoms with E-state index in [1.54, 1.807) is 26.5 Å². The first-order valence-electron chi connectivity index (χ1n) is 36.5. The number of likely N-dealkylation sites (tertiary alicyclic amines) is 8. The molecule has 12 heterocycles. The summed E-state index contributed by atoms with van der Waals surface area (Å²) in [5.74, 6) is 12.7. The molecule has 5 unspecified atom stereocenters. The van der Waals surface area contributed by atoms with Gasteiger partial charge in [0.1, 0.15) is 67.2 Å². The van der Waals surface area contributed by atoms with E-state index in [0.29, 0.717) is 89.9 Å². The van der Waals surface area contributed by atoms with Crippen LogP contribution in [0, 0.1) is 7.43 Å². The van der Waals surface area contributed by atoms with E-state index in [0.717, 1.165) is 80.3 Å². The molecule has 0 bridgehead atoms. The number of β-lactam (4-membered cyclic amide) rings is 5. The average molecular weight is 1690 g/mol. The van der Waals surface area contributed by atoms with Crippen molar-refractivity contribution < 1.29 is 111 Å². The number of carbonyl (C=O) groups excluding carboxylic acids is 11. The second kappa shape index (κ2) is 42.4. The van der Waals surface area contributed by atoms with Crippen molar-refractivity contribution in [3.05, 3.63) is 176 Å². The molecule has 10 aliphatic heterocycles. The zero-order valence-electron chi connectivity index (χ0n) is 63.0. The third-order valence-electron chi connectivity index (χ3n) is 21.0. The normalized spacial score (nSPS) is 22.4. The van der Waals surface area contributed by atoms with Gasteiger partial charge in [-0.05, 0) is 99.9 Å². The van der Waals surface area contributed by atoms with Gasteiger partial charge in [0.15, 0.2) is 0 Å². The molecular formula is C77H105N18O19Pd-. The molecule has 6 aromatic rings. The average Bonchev–Trinajstić information content (AvgIpc) is 1.60. The maximum absolute atomic E-state index is 12.7. The predicted molar refractivity (Wildman–Crippen MR) is 408 cm³/mol. The molecule has 5 atom stereocenters. The van der Waals surface area contributed by atoms with Crippen LogP contribution < -0.4 is 33.6 Å². The van der Waals surface area contributed by atoms with Crippen molar-refractivity contribution >= 4 is 65.8 Å². The van der Waals surface area contributed by atoms with Crippen molar-refractivity contribution in [3.8, 4) is 0 Å². The Bertz CT molecular complexity index is 4180. The maximum Gasteiger partial charge on any atom is 0.411 e. The minimum atomic E-state index is -0.858. The van der Waals surface area contributed by atoms with Gasteiger partial charge in [0.2, 0.25) is 36.4 Å². The number of hydrogen-bond donors (Lipinski definition) is 6. The van der Waals surface area contributed by atoms with Crippen LogP contribution in [-0.4, -0.2) is 244 Å². The Hall–Kier alpha value is -11.0. The van der Waals surface area contributed by atoms with E-state index in [9.17, 15) is 52.7 Å². The van der Waals surface area contributed by atoms with E-state index in [2.05, 4.69) is 42.7 Å². The Balaban J connectivity index is 0.000000222. The van der Waals surface area contributed by atoms with Crippen LogP contribution in [0.2, 0.25) is 0 Å². The third kappa shape index (κ3) is 20.8. The van der Waals surface area contributed by atoms with Gasteiger partial charge in [0.25, 0.3) is 23.6 Å². The Morgan fingerprint density at radius 2 is 0.826 bits per heavy atom. The zero-order chi connectivity index (χ0) is 77.9. The summed E-state index contributed by atoms with van der Waals surface area (Å²) in [4.78, 5) is 146. The molecular weight excluding hydrogens is 1590 g/mol. The molecule has 115 heavy (non-hydrogen) atoms. The summed E-state index contributed by atoms with van der Waals surface area (Å²) in [6.45, 7) is 8.84. The molecule has 0 radical (unpaired) electrons. The van der Waals surface area contributed by atoms with Crippen LogP contribution >= 0.6 is 0 Å². The summed E-state index contributed by atoms with van der Waals surface area (Å²) in [5.41, 5.74) is 2.28. The molecule has 11 N–H and O–H groups in total. The van der Waals surface area contributed by atoms with Crippen molar-refractivity contribution in [1.29, 1.82) is 0 Å². The molecule has 10 amide bonds. The first-order chi connectivity index (χ1) is 53.3. The van der Waals surface area contributed by atoms with Gasteiger partial charge in [-0.25, -0.2) is 25.0 Å². The summed E-state index contributed by atoms with van der Waals surface area (Å²) in [7, 11) is 0. The molecule has 10 aliphatic rings. The number of nitrogens with zero attached hydrogens (tertiary/aromatic N) is 12. The molecule has 16 rings (SSSR count). The second-order valence-corrected chi connectivity index (χ2v) is 27.8. The van der Waals surface area contributed by atoms with E-state index in [-0.39, 0.29) is 136 Å². The number of ether oxygens (including phenoxy) is 5. The first-order valence-corrected chi connectivity index (χ1v) is 36.5.